The third-order valence-electron chi connectivity index (χ3n) is 5.04. The van der Waals surface area contributed by atoms with Crippen LogP contribution in [0.5, 0.6) is 0 Å². The van der Waals surface area contributed by atoms with Crippen molar-refractivity contribution in [2.45, 2.75) is 18.7 Å². The SMILES string of the molecule is CCN(CC)S(=O)(=O)c1ccc(C=CC(=O)OCC(=O)Nc2cccc3ccccc23)cc1. The van der Waals surface area contributed by atoms with Crippen molar-refractivity contribution in [3.8, 4) is 0 Å². The van der Waals surface area contributed by atoms with Gasteiger partial charge in [0.2, 0.25) is 10.0 Å². The first-order chi connectivity index (χ1) is 15.8. The number of carbonyl (C=O) groups is 2. The average Bonchev–Trinajstić information content (AvgIpc) is 2.82. The van der Waals surface area contributed by atoms with Gasteiger partial charge in [-0.1, -0.05) is 62.4 Å². The normalized spacial score (nSPS) is 11.7. The van der Waals surface area contributed by atoms with E-state index in [1.807, 2.05) is 36.4 Å². The number of fused-ring (bicyclic) bond motifs is 1. The van der Waals surface area contributed by atoms with Gasteiger partial charge in [-0.2, -0.15) is 4.31 Å². The van der Waals surface area contributed by atoms with Gasteiger partial charge in [-0.15, -0.1) is 0 Å². The van der Waals surface area contributed by atoms with Crippen LogP contribution in [0.3, 0.4) is 0 Å². The van der Waals surface area contributed by atoms with E-state index >= 15 is 0 Å². The molecular formula is C25H26N2O5S. The smallest absolute Gasteiger partial charge is 0.331 e. The Labute approximate surface area is 193 Å². The van der Waals surface area contributed by atoms with Gasteiger partial charge in [0.25, 0.3) is 5.91 Å². The standard InChI is InChI=1S/C25H26N2O5S/c1-3-27(4-2)33(30,31)21-15-12-19(13-16-21)14-17-25(29)32-18-24(28)26-23-11-7-9-20-8-5-6-10-22(20)23/h5-17H,3-4,18H2,1-2H3,(H,26,28). The topological polar surface area (TPSA) is 92.8 Å². The number of sulfonamides is 1. The first-order valence-electron chi connectivity index (χ1n) is 10.6. The molecule has 0 saturated heterocycles. The zero-order valence-corrected chi connectivity index (χ0v) is 19.3. The van der Waals surface area contributed by atoms with Crippen molar-refractivity contribution in [3.63, 3.8) is 0 Å². The molecule has 3 rings (SSSR count). The Morgan fingerprint density at radius 3 is 2.30 bits per heavy atom. The Kier molecular flexibility index (Phi) is 7.97. The molecule has 0 saturated carbocycles. The number of hydrogen-bond donors (Lipinski definition) is 1. The molecule has 0 aliphatic carbocycles. The third-order valence-corrected chi connectivity index (χ3v) is 7.11. The summed E-state index contributed by atoms with van der Waals surface area (Å²) >= 11 is 0. The maximum Gasteiger partial charge on any atom is 0.331 e. The van der Waals surface area contributed by atoms with Crippen LogP contribution in [0.15, 0.2) is 77.7 Å². The van der Waals surface area contributed by atoms with Gasteiger partial charge in [-0.25, -0.2) is 13.2 Å². The second-order valence-corrected chi connectivity index (χ2v) is 9.11. The molecule has 0 aliphatic heterocycles. The molecule has 3 aromatic carbocycles. The zero-order chi connectivity index (χ0) is 23.8. The second-order valence-electron chi connectivity index (χ2n) is 7.17. The summed E-state index contributed by atoms with van der Waals surface area (Å²) < 4.78 is 31.4. The van der Waals surface area contributed by atoms with Crippen molar-refractivity contribution in [3.05, 3.63) is 78.4 Å². The Morgan fingerprint density at radius 2 is 1.61 bits per heavy atom. The number of nitrogens with zero attached hydrogens (tertiary/aromatic N) is 1. The van der Waals surface area contributed by atoms with Gasteiger partial charge in [0.15, 0.2) is 6.61 Å². The van der Waals surface area contributed by atoms with E-state index in [0.29, 0.717) is 24.3 Å². The van der Waals surface area contributed by atoms with Crippen molar-refractivity contribution in [2.75, 3.05) is 25.0 Å². The van der Waals surface area contributed by atoms with Gasteiger partial charge in [0, 0.05) is 30.2 Å². The van der Waals surface area contributed by atoms with Gasteiger partial charge in [0.05, 0.1) is 4.90 Å². The largest absolute Gasteiger partial charge is 0.452 e. The van der Waals surface area contributed by atoms with E-state index in [2.05, 4.69) is 5.32 Å². The number of anilines is 1. The van der Waals surface area contributed by atoms with Crippen LogP contribution in [-0.2, 0) is 24.3 Å². The summed E-state index contributed by atoms with van der Waals surface area (Å²) in [6.07, 6.45) is 2.69. The quantitative estimate of drug-likeness (QED) is 0.379. The highest BCUT2D eigenvalue weighted by Gasteiger charge is 2.20. The minimum atomic E-state index is -3.53. The van der Waals surface area contributed by atoms with Gasteiger partial charge < -0.3 is 10.1 Å². The molecule has 1 amide bonds. The number of benzene rings is 3. The molecule has 0 radical (unpaired) electrons. The molecule has 0 atom stereocenters. The van der Waals surface area contributed by atoms with E-state index < -0.39 is 28.5 Å². The fourth-order valence-corrected chi connectivity index (χ4v) is 4.79. The lowest BCUT2D eigenvalue weighted by molar-refractivity contribution is -0.142. The van der Waals surface area contributed by atoms with Crippen LogP contribution in [0.1, 0.15) is 19.4 Å². The van der Waals surface area contributed by atoms with Crippen molar-refractivity contribution in [1.82, 2.24) is 4.31 Å². The van der Waals surface area contributed by atoms with Crippen LogP contribution in [0.2, 0.25) is 0 Å². The van der Waals surface area contributed by atoms with Crippen LogP contribution in [0, 0.1) is 0 Å². The summed E-state index contributed by atoms with van der Waals surface area (Å²) in [6.45, 7) is 3.92. The molecule has 0 fully saturated rings. The van der Waals surface area contributed by atoms with Crippen LogP contribution in [-0.4, -0.2) is 44.3 Å². The minimum absolute atomic E-state index is 0.191. The predicted octanol–water partition coefficient (Wildman–Crippen LogP) is 4.07. The van der Waals surface area contributed by atoms with Crippen LogP contribution < -0.4 is 5.32 Å². The highest BCUT2D eigenvalue weighted by molar-refractivity contribution is 7.89. The fourth-order valence-electron chi connectivity index (χ4n) is 3.33. The second kappa shape index (κ2) is 10.9. The van der Waals surface area contributed by atoms with E-state index in [1.54, 1.807) is 32.0 Å². The molecule has 0 spiro atoms. The van der Waals surface area contributed by atoms with Crippen molar-refractivity contribution in [2.24, 2.45) is 0 Å². The molecule has 3 aromatic rings. The summed E-state index contributed by atoms with van der Waals surface area (Å²) in [6, 6.07) is 19.4. The molecule has 0 aromatic heterocycles. The molecule has 7 nitrogen and oxygen atoms in total. The van der Waals surface area contributed by atoms with Crippen LogP contribution >= 0.6 is 0 Å². The van der Waals surface area contributed by atoms with E-state index in [9.17, 15) is 18.0 Å². The van der Waals surface area contributed by atoms with Crippen molar-refractivity contribution < 1.29 is 22.7 Å². The molecule has 0 bridgehead atoms. The summed E-state index contributed by atoms with van der Waals surface area (Å²) in [5, 5.41) is 4.64. The van der Waals surface area contributed by atoms with Gasteiger partial charge in [-0.05, 0) is 35.2 Å². The van der Waals surface area contributed by atoms with Gasteiger partial charge >= 0.3 is 5.97 Å². The molecule has 172 valence electrons. The first-order valence-corrected chi connectivity index (χ1v) is 12.0. The number of nitrogens with one attached hydrogen (secondary N) is 1. The molecular weight excluding hydrogens is 440 g/mol. The lowest BCUT2D eigenvalue weighted by Crippen LogP contribution is -2.30. The third kappa shape index (κ3) is 6.06. The van der Waals surface area contributed by atoms with Gasteiger partial charge in [-0.3, -0.25) is 4.79 Å². The van der Waals surface area contributed by atoms with Crippen LogP contribution in [0.4, 0.5) is 5.69 Å². The molecule has 33 heavy (non-hydrogen) atoms. The summed E-state index contributed by atoms with van der Waals surface area (Å²) in [7, 11) is -3.53. The highest BCUT2D eigenvalue weighted by Crippen LogP contribution is 2.22. The minimum Gasteiger partial charge on any atom is -0.452 e. The highest BCUT2D eigenvalue weighted by atomic mass is 32.2. The average molecular weight is 467 g/mol. The maximum atomic E-state index is 12.5. The monoisotopic (exact) mass is 466 g/mol. The summed E-state index contributed by atoms with van der Waals surface area (Å²) in [5.74, 6) is -1.12. The lowest BCUT2D eigenvalue weighted by Gasteiger charge is -2.18. The van der Waals surface area contributed by atoms with E-state index in [0.717, 1.165) is 10.8 Å². The molecule has 1 N–H and O–H groups in total. The summed E-state index contributed by atoms with van der Waals surface area (Å²) in [4.78, 5) is 24.4. The Balaban J connectivity index is 1.55. The van der Waals surface area contributed by atoms with Gasteiger partial charge in [0.1, 0.15) is 0 Å². The summed E-state index contributed by atoms with van der Waals surface area (Å²) in [5.41, 5.74) is 1.27. The lowest BCUT2D eigenvalue weighted by atomic mass is 10.1. The van der Waals surface area contributed by atoms with Crippen LogP contribution in [0.25, 0.3) is 16.8 Å². The van der Waals surface area contributed by atoms with Crippen molar-refractivity contribution >= 4 is 44.4 Å². The molecule has 8 heteroatoms. The number of rotatable bonds is 9. The maximum absolute atomic E-state index is 12.5. The van der Waals surface area contributed by atoms with E-state index in [4.69, 9.17) is 4.74 Å². The number of amides is 1. The predicted molar refractivity (Wildman–Crippen MR) is 129 cm³/mol. The van der Waals surface area contributed by atoms with Crippen molar-refractivity contribution in [1.29, 1.82) is 0 Å². The molecule has 0 unspecified atom stereocenters. The Morgan fingerprint density at radius 1 is 0.939 bits per heavy atom. The first kappa shape index (κ1) is 24.2. The van der Waals surface area contributed by atoms with E-state index in [1.165, 1.54) is 28.6 Å². The number of esters is 1. The zero-order valence-electron chi connectivity index (χ0n) is 18.5. The number of carbonyl (C=O) groups excluding carboxylic acids is 2. The molecule has 0 heterocycles. The number of ether oxygens (including phenoxy) is 1. The molecule has 0 aliphatic rings. The fraction of sp³-hybridized carbons (Fsp3) is 0.200. The van der Waals surface area contributed by atoms with E-state index in [-0.39, 0.29) is 4.90 Å². The number of hydrogen-bond acceptors (Lipinski definition) is 5. The Hall–Kier alpha value is -3.49. The Bertz CT molecular complexity index is 1260.